The molecule has 0 saturated heterocycles. The van der Waals surface area contributed by atoms with E-state index >= 15 is 0 Å². The first-order chi connectivity index (χ1) is 10.0. The number of nitriles is 1. The highest BCUT2D eigenvalue weighted by atomic mass is 32.1. The highest BCUT2D eigenvalue weighted by molar-refractivity contribution is 7.16. The molecule has 0 aliphatic rings. The van der Waals surface area contributed by atoms with Crippen LogP contribution in [0.4, 0.5) is 5.00 Å². The van der Waals surface area contributed by atoms with Crippen molar-refractivity contribution in [2.24, 2.45) is 0 Å². The normalized spacial score (nSPS) is 9.95. The molecule has 0 radical (unpaired) electrons. The number of rotatable bonds is 8. The van der Waals surface area contributed by atoms with Gasteiger partial charge in [-0.15, -0.1) is 11.3 Å². The van der Waals surface area contributed by atoms with Crippen molar-refractivity contribution in [1.29, 1.82) is 5.26 Å². The minimum absolute atomic E-state index is 0.0311. The SMILES string of the molecule is CCOC(=O)c1cc(CC)sc1N(CC#N)CCC(=O)O. The van der Waals surface area contributed by atoms with Gasteiger partial charge in [-0.1, -0.05) is 6.92 Å². The fraction of sp³-hybridized carbons (Fsp3) is 0.500. The van der Waals surface area contributed by atoms with Crippen LogP contribution in [-0.2, 0) is 16.0 Å². The molecular weight excluding hydrogens is 292 g/mol. The summed E-state index contributed by atoms with van der Waals surface area (Å²) >= 11 is 1.39. The second-order valence-electron chi connectivity index (χ2n) is 4.23. The van der Waals surface area contributed by atoms with Crippen LogP contribution in [-0.4, -0.2) is 36.7 Å². The molecule has 0 spiro atoms. The number of carbonyl (C=O) groups excluding carboxylic acids is 1. The Morgan fingerprint density at radius 3 is 2.71 bits per heavy atom. The largest absolute Gasteiger partial charge is 0.481 e. The Morgan fingerprint density at radius 1 is 1.48 bits per heavy atom. The number of hydrogen-bond acceptors (Lipinski definition) is 6. The van der Waals surface area contributed by atoms with Crippen LogP contribution in [0.2, 0.25) is 0 Å². The van der Waals surface area contributed by atoms with E-state index in [0.717, 1.165) is 11.3 Å². The molecule has 1 N–H and O–H groups in total. The highest BCUT2D eigenvalue weighted by Crippen LogP contribution is 2.32. The monoisotopic (exact) mass is 310 g/mol. The Hall–Kier alpha value is -2.07. The van der Waals surface area contributed by atoms with Crippen LogP contribution in [0.1, 0.15) is 35.5 Å². The smallest absolute Gasteiger partial charge is 0.341 e. The van der Waals surface area contributed by atoms with Crippen molar-refractivity contribution < 1.29 is 19.4 Å². The Labute approximate surface area is 127 Å². The molecule has 1 rings (SSSR count). The molecular formula is C14H18N2O4S. The molecule has 0 unspecified atom stereocenters. The molecule has 114 valence electrons. The van der Waals surface area contributed by atoms with E-state index in [0.29, 0.717) is 10.6 Å². The predicted molar refractivity (Wildman–Crippen MR) is 79.7 cm³/mol. The van der Waals surface area contributed by atoms with Gasteiger partial charge in [0.05, 0.1) is 24.7 Å². The third-order valence-corrected chi connectivity index (χ3v) is 4.09. The number of ether oxygens (including phenoxy) is 1. The molecule has 21 heavy (non-hydrogen) atoms. The van der Waals surface area contributed by atoms with Crippen LogP contribution in [0, 0.1) is 11.3 Å². The Morgan fingerprint density at radius 2 is 2.19 bits per heavy atom. The third kappa shape index (κ3) is 4.76. The average molecular weight is 310 g/mol. The van der Waals surface area contributed by atoms with Gasteiger partial charge in [0.1, 0.15) is 11.5 Å². The standard InChI is InChI=1S/C14H18N2O4S/c1-3-10-9-11(14(19)20-4-2)13(21-10)16(8-6-15)7-5-12(17)18/h9H,3-5,7-8H2,1-2H3,(H,17,18). The van der Waals surface area contributed by atoms with E-state index in [2.05, 4.69) is 0 Å². The minimum atomic E-state index is -0.942. The summed E-state index contributed by atoms with van der Waals surface area (Å²) < 4.78 is 5.02. The summed E-state index contributed by atoms with van der Waals surface area (Å²) in [7, 11) is 0. The van der Waals surface area contributed by atoms with Crippen LogP contribution in [0.3, 0.4) is 0 Å². The van der Waals surface area contributed by atoms with Gasteiger partial charge in [-0.2, -0.15) is 5.26 Å². The zero-order valence-corrected chi connectivity index (χ0v) is 12.9. The summed E-state index contributed by atoms with van der Waals surface area (Å²) in [5.74, 6) is -1.38. The molecule has 0 fully saturated rings. The summed E-state index contributed by atoms with van der Waals surface area (Å²) in [5, 5.41) is 18.3. The van der Waals surface area contributed by atoms with Crippen molar-refractivity contribution in [1.82, 2.24) is 0 Å². The van der Waals surface area contributed by atoms with Crippen molar-refractivity contribution in [3.63, 3.8) is 0 Å². The molecule has 1 aromatic rings. The summed E-state index contributed by atoms with van der Waals surface area (Å²) in [4.78, 5) is 25.3. The van der Waals surface area contributed by atoms with E-state index in [-0.39, 0.29) is 26.1 Å². The zero-order chi connectivity index (χ0) is 15.8. The lowest BCUT2D eigenvalue weighted by Crippen LogP contribution is -2.27. The predicted octanol–water partition coefficient (Wildman–Crippen LogP) is 2.29. The van der Waals surface area contributed by atoms with Crippen LogP contribution >= 0.6 is 11.3 Å². The van der Waals surface area contributed by atoms with Gasteiger partial charge >= 0.3 is 11.9 Å². The van der Waals surface area contributed by atoms with E-state index in [9.17, 15) is 9.59 Å². The number of carboxylic acids is 1. The molecule has 0 saturated carbocycles. The number of carboxylic acid groups (broad SMARTS) is 1. The lowest BCUT2D eigenvalue weighted by Gasteiger charge is -2.20. The molecule has 0 aliphatic carbocycles. The van der Waals surface area contributed by atoms with Gasteiger partial charge in [-0.05, 0) is 19.4 Å². The molecule has 0 amide bonds. The number of anilines is 1. The van der Waals surface area contributed by atoms with E-state index in [1.54, 1.807) is 17.9 Å². The number of aryl methyl sites for hydroxylation is 1. The molecule has 0 aromatic carbocycles. The van der Waals surface area contributed by atoms with E-state index in [4.69, 9.17) is 15.1 Å². The molecule has 1 heterocycles. The van der Waals surface area contributed by atoms with Gasteiger partial charge in [0, 0.05) is 11.4 Å². The maximum Gasteiger partial charge on any atom is 0.341 e. The van der Waals surface area contributed by atoms with E-state index in [1.807, 2.05) is 13.0 Å². The number of esters is 1. The maximum absolute atomic E-state index is 12.0. The molecule has 0 atom stereocenters. The first-order valence-electron chi connectivity index (χ1n) is 6.66. The second kappa shape index (κ2) is 8.27. The number of nitrogens with zero attached hydrogens (tertiary/aromatic N) is 2. The topological polar surface area (TPSA) is 90.6 Å². The van der Waals surface area contributed by atoms with Crippen molar-refractivity contribution >= 4 is 28.3 Å². The van der Waals surface area contributed by atoms with Crippen LogP contribution in [0.5, 0.6) is 0 Å². The fourth-order valence-corrected chi connectivity index (χ4v) is 2.87. The van der Waals surface area contributed by atoms with Crippen LogP contribution in [0.15, 0.2) is 6.07 Å². The van der Waals surface area contributed by atoms with Gasteiger partial charge < -0.3 is 14.7 Å². The number of aliphatic carboxylic acids is 1. The van der Waals surface area contributed by atoms with Gasteiger partial charge in [0.25, 0.3) is 0 Å². The lowest BCUT2D eigenvalue weighted by atomic mass is 10.2. The zero-order valence-electron chi connectivity index (χ0n) is 12.1. The van der Waals surface area contributed by atoms with Gasteiger partial charge in [0.2, 0.25) is 0 Å². The van der Waals surface area contributed by atoms with Crippen molar-refractivity contribution in [2.45, 2.75) is 26.7 Å². The summed E-state index contributed by atoms with van der Waals surface area (Å²) in [5.41, 5.74) is 0.402. The molecule has 6 nitrogen and oxygen atoms in total. The minimum Gasteiger partial charge on any atom is -0.481 e. The average Bonchev–Trinajstić information content (AvgIpc) is 2.87. The van der Waals surface area contributed by atoms with Crippen molar-refractivity contribution in [3.8, 4) is 6.07 Å². The highest BCUT2D eigenvalue weighted by Gasteiger charge is 2.21. The summed E-state index contributed by atoms with van der Waals surface area (Å²) in [6.07, 6.45) is 0.666. The number of thiophene rings is 1. The van der Waals surface area contributed by atoms with Gasteiger partial charge in [0.15, 0.2) is 0 Å². The van der Waals surface area contributed by atoms with Crippen LogP contribution < -0.4 is 4.90 Å². The Bertz CT molecular complexity index is 548. The van der Waals surface area contributed by atoms with E-state index in [1.165, 1.54) is 11.3 Å². The first-order valence-corrected chi connectivity index (χ1v) is 7.48. The second-order valence-corrected chi connectivity index (χ2v) is 5.34. The first kappa shape index (κ1) is 17.0. The molecule has 0 aliphatic heterocycles. The Balaban J connectivity index is 3.10. The summed E-state index contributed by atoms with van der Waals surface area (Å²) in [6, 6.07) is 3.76. The molecule has 7 heteroatoms. The summed E-state index contributed by atoms with van der Waals surface area (Å²) in [6.45, 7) is 4.17. The number of carbonyl (C=O) groups is 2. The van der Waals surface area contributed by atoms with E-state index < -0.39 is 11.9 Å². The van der Waals surface area contributed by atoms with Crippen molar-refractivity contribution in [3.05, 3.63) is 16.5 Å². The lowest BCUT2D eigenvalue weighted by molar-refractivity contribution is -0.136. The third-order valence-electron chi connectivity index (χ3n) is 2.75. The Kier molecular flexibility index (Phi) is 6.69. The van der Waals surface area contributed by atoms with Crippen molar-refractivity contribution in [2.75, 3.05) is 24.6 Å². The number of hydrogen-bond donors (Lipinski definition) is 1. The quantitative estimate of drug-likeness (QED) is 0.585. The molecule has 1 aromatic heterocycles. The van der Waals surface area contributed by atoms with Gasteiger partial charge in [-0.25, -0.2) is 4.79 Å². The van der Waals surface area contributed by atoms with Crippen LogP contribution in [0.25, 0.3) is 0 Å². The maximum atomic E-state index is 12.0. The fourth-order valence-electron chi connectivity index (χ4n) is 1.76. The molecule has 0 bridgehead atoms. The van der Waals surface area contributed by atoms with Gasteiger partial charge in [-0.3, -0.25) is 4.79 Å².